The minimum absolute atomic E-state index is 0.151. The van der Waals surface area contributed by atoms with Crippen LogP contribution in [0.2, 0.25) is 0 Å². The van der Waals surface area contributed by atoms with Gasteiger partial charge in [0, 0.05) is 18.4 Å². The Morgan fingerprint density at radius 3 is 2.91 bits per heavy atom. The molecule has 7 nitrogen and oxygen atoms in total. The summed E-state index contributed by atoms with van der Waals surface area (Å²) >= 11 is 3.27. The van der Waals surface area contributed by atoms with Crippen LogP contribution in [0.4, 0.5) is 5.82 Å². The number of nitrogens with zero attached hydrogens (tertiary/aromatic N) is 3. The fraction of sp³-hybridized carbons (Fsp3) is 0.267. The highest BCUT2D eigenvalue weighted by atomic mass is 79.9. The number of benzene rings is 1. The number of carbonyl (C=O) groups is 1. The van der Waals surface area contributed by atoms with Crippen molar-refractivity contribution in [3.63, 3.8) is 0 Å². The Labute approximate surface area is 138 Å². The van der Waals surface area contributed by atoms with Crippen molar-refractivity contribution in [3.8, 4) is 0 Å². The molecule has 1 aromatic carbocycles. The predicted octanol–water partition coefficient (Wildman–Crippen LogP) is 2.16. The molecule has 2 atom stereocenters. The molecule has 4 rings (SSSR count). The molecule has 1 fully saturated rings. The third kappa shape index (κ3) is 2.25. The van der Waals surface area contributed by atoms with Crippen LogP contribution in [-0.2, 0) is 4.79 Å². The molecule has 23 heavy (non-hydrogen) atoms. The summed E-state index contributed by atoms with van der Waals surface area (Å²) in [6.07, 6.45) is -0.567. The Kier molecular flexibility index (Phi) is 3.24. The van der Waals surface area contributed by atoms with Crippen LogP contribution in [0.5, 0.6) is 0 Å². The molecule has 2 aromatic heterocycles. The molecule has 0 radical (unpaired) electrons. The highest BCUT2D eigenvalue weighted by molar-refractivity contribution is 9.10. The summed E-state index contributed by atoms with van der Waals surface area (Å²) in [5.41, 5.74) is 1.69. The number of fused-ring (bicyclic) bond motifs is 3. The standard InChI is InChI=1S/C15H12BrN3O4/c16-15-17-11-8-3-1-2-4-10(8)23-12(11)13(18-15)19-6-7(20)5-9(19)14(21)22/h1-4,7,9,20H,5-6H2,(H,21,22)/t7-,9-/m0/s1. The Bertz CT molecular complexity index is 926. The van der Waals surface area contributed by atoms with Gasteiger partial charge in [-0.25, -0.2) is 14.8 Å². The summed E-state index contributed by atoms with van der Waals surface area (Å²) in [6, 6.07) is 6.60. The van der Waals surface area contributed by atoms with Crippen molar-refractivity contribution in [1.29, 1.82) is 0 Å². The van der Waals surface area contributed by atoms with Crippen molar-refractivity contribution >= 4 is 49.8 Å². The minimum atomic E-state index is -0.999. The number of β-amino-alcohol motifs (C(OH)–C–C–N with tert-alkyl or cyclic N) is 1. The number of rotatable bonds is 2. The highest BCUT2D eigenvalue weighted by Crippen LogP contribution is 2.36. The van der Waals surface area contributed by atoms with E-state index < -0.39 is 18.1 Å². The fourth-order valence-electron chi connectivity index (χ4n) is 3.03. The van der Waals surface area contributed by atoms with Gasteiger partial charge in [-0.2, -0.15) is 0 Å². The fourth-order valence-corrected chi connectivity index (χ4v) is 3.37. The summed E-state index contributed by atoms with van der Waals surface area (Å²) in [4.78, 5) is 21.7. The van der Waals surface area contributed by atoms with Crippen LogP contribution in [0, 0.1) is 0 Å². The third-order valence-electron chi connectivity index (χ3n) is 4.01. The monoisotopic (exact) mass is 377 g/mol. The van der Waals surface area contributed by atoms with Crippen LogP contribution >= 0.6 is 15.9 Å². The van der Waals surface area contributed by atoms with Crippen LogP contribution in [0.25, 0.3) is 22.1 Å². The van der Waals surface area contributed by atoms with Crippen molar-refractivity contribution in [2.75, 3.05) is 11.4 Å². The summed E-state index contributed by atoms with van der Waals surface area (Å²) in [5.74, 6) is -0.623. The summed E-state index contributed by atoms with van der Waals surface area (Å²) in [6.45, 7) is 0.187. The molecule has 1 aliphatic rings. The van der Waals surface area contributed by atoms with Crippen molar-refractivity contribution in [3.05, 3.63) is 29.0 Å². The quantitative estimate of drug-likeness (QED) is 0.660. The number of hydrogen-bond donors (Lipinski definition) is 2. The van der Waals surface area contributed by atoms with Crippen molar-refractivity contribution in [2.24, 2.45) is 0 Å². The molecule has 0 bridgehead atoms. The third-order valence-corrected chi connectivity index (χ3v) is 4.37. The van der Waals surface area contributed by atoms with Gasteiger partial charge in [0.05, 0.1) is 6.10 Å². The average molecular weight is 378 g/mol. The van der Waals surface area contributed by atoms with Crippen LogP contribution in [0.3, 0.4) is 0 Å². The van der Waals surface area contributed by atoms with Crippen molar-refractivity contribution < 1.29 is 19.4 Å². The van der Waals surface area contributed by atoms with Gasteiger partial charge in [-0.1, -0.05) is 12.1 Å². The first kappa shape index (κ1) is 14.4. The largest absolute Gasteiger partial charge is 0.480 e. The van der Waals surface area contributed by atoms with E-state index in [2.05, 4.69) is 25.9 Å². The van der Waals surface area contributed by atoms with Gasteiger partial charge < -0.3 is 19.5 Å². The second-order valence-electron chi connectivity index (χ2n) is 5.49. The van der Waals surface area contributed by atoms with Crippen LogP contribution in [0.15, 0.2) is 33.4 Å². The number of carboxylic acid groups (broad SMARTS) is 1. The zero-order valence-corrected chi connectivity index (χ0v) is 13.4. The first-order valence-corrected chi connectivity index (χ1v) is 7.86. The van der Waals surface area contributed by atoms with E-state index in [9.17, 15) is 15.0 Å². The number of aliphatic hydroxyl groups is 1. The molecule has 0 spiro atoms. The maximum absolute atomic E-state index is 11.5. The minimum Gasteiger partial charge on any atom is -0.480 e. The SMILES string of the molecule is O=C(O)[C@@H]1C[C@H](O)CN1c1nc(Br)nc2c1oc1ccccc12. The van der Waals surface area contributed by atoms with E-state index in [0.29, 0.717) is 27.2 Å². The number of hydrogen-bond acceptors (Lipinski definition) is 6. The van der Waals surface area contributed by atoms with Crippen LogP contribution < -0.4 is 4.90 Å². The number of anilines is 1. The zero-order valence-electron chi connectivity index (χ0n) is 11.8. The average Bonchev–Trinajstić information content (AvgIpc) is 3.07. The predicted molar refractivity (Wildman–Crippen MR) is 86.4 cm³/mol. The lowest BCUT2D eigenvalue weighted by atomic mass is 10.2. The number of aliphatic carboxylic acids is 1. The first-order chi connectivity index (χ1) is 11.0. The van der Waals surface area contributed by atoms with E-state index >= 15 is 0 Å². The van der Waals surface area contributed by atoms with E-state index in [1.807, 2.05) is 24.3 Å². The zero-order chi connectivity index (χ0) is 16.1. The van der Waals surface area contributed by atoms with Gasteiger partial charge in [-0.3, -0.25) is 0 Å². The normalized spacial score (nSPS) is 21.4. The summed E-state index contributed by atoms with van der Waals surface area (Å²) in [5, 5.41) is 20.1. The van der Waals surface area contributed by atoms with Crippen LogP contribution in [-0.4, -0.2) is 44.8 Å². The second kappa shape index (κ2) is 5.17. The number of halogens is 1. The molecule has 118 valence electrons. The lowest BCUT2D eigenvalue weighted by molar-refractivity contribution is -0.138. The number of aromatic nitrogens is 2. The van der Waals surface area contributed by atoms with Gasteiger partial charge >= 0.3 is 5.97 Å². The van der Waals surface area contributed by atoms with Crippen LogP contribution in [0.1, 0.15) is 6.42 Å². The molecule has 0 unspecified atom stereocenters. The van der Waals surface area contributed by atoms with Gasteiger partial charge in [0.2, 0.25) is 0 Å². The van der Waals surface area contributed by atoms with E-state index in [4.69, 9.17) is 4.42 Å². The maximum Gasteiger partial charge on any atom is 0.326 e. The Hall–Kier alpha value is -2.19. The molecular weight excluding hydrogens is 366 g/mol. The smallest absolute Gasteiger partial charge is 0.326 e. The molecule has 1 aliphatic heterocycles. The molecule has 3 aromatic rings. The van der Waals surface area contributed by atoms with Crippen molar-refractivity contribution in [2.45, 2.75) is 18.6 Å². The summed E-state index contributed by atoms with van der Waals surface area (Å²) in [7, 11) is 0. The number of furan rings is 1. The number of aliphatic hydroxyl groups excluding tert-OH is 1. The van der Waals surface area contributed by atoms with E-state index in [-0.39, 0.29) is 13.0 Å². The maximum atomic E-state index is 11.5. The topological polar surface area (TPSA) is 99.7 Å². The molecule has 0 amide bonds. The Morgan fingerprint density at radius 1 is 1.35 bits per heavy atom. The summed E-state index contributed by atoms with van der Waals surface area (Å²) < 4.78 is 6.20. The molecule has 3 heterocycles. The molecular formula is C15H12BrN3O4. The van der Waals surface area contributed by atoms with Gasteiger partial charge in [-0.15, -0.1) is 0 Å². The van der Waals surface area contributed by atoms with Crippen molar-refractivity contribution in [1.82, 2.24) is 9.97 Å². The number of carboxylic acids is 1. The Morgan fingerprint density at radius 2 is 2.13 bits per heavy atom. The molecule has 0 saturated carbocycles. The van der Waals surface area contributed by atoms with Gasteiger partial charge in [0.25, 0.3) is 0 Å². The van der Waals surface area contributed by atoms with Gasteiger partial charge in [0.15, 0.2) is 16.1 Å². The lowest BCUT2D eigenvalue weighted by Gasteiger charge is -2.22. The first-order valence-electron chi connectivity index (χ1n) is 7.07. The highest BCUT2D eigenvalue weighted by Gasteiger charge is 2.38. The Balaban J connectivity index is 1.97. The number of para-hydroxylation sites is 1. The van der Waals surface area contributed by atoms with E-state index in [0.717, 1.165) is 5.39 Å². The van der Waals surface area contributed by atoms with E-state index in [1.54, 1.807) is 4.90 Å². The lowest BCUT2D eigenvalue weighted by Crippen LogP contribution is -2.36. The molecule has 0 aliphatic carbocycles. The molecule has 1 saturated heterocycles. The molecule has 8 heteroatoms. The van der Waals surface area contributed by atoms with Gasteiger partial charge in [0.1, 0.15) is 17.1 Å². The second-order valence-corrected chi connectivity index (χ2v) is 6.20. The van der Waals surface area contributed by atoms with Gasteiger partial charge in [-0.05, 0) is 28.1 Å². The van der Waals surface area contributed by atoms with E-state index in [1.165, 1.54) is 0 Å². The molecule has 2 N–H and O–H groups in total.